The maximum atomic E-state index is 10.5. The number of anilines is 1. The Hall–Kier alpha value is -2.75. The molecule has 3 rings (SSSR count). The lowest BCUT2D eigenvalue weighted by molar-refractivity contribution is -0.368. The zero-order valence-corrected chi connectivity index (χ0v) is 14.5. The van der Waals surface area contributed by atoms with Gasteiger partial charge in [0.15, 0.2) is 0 Å². The Labute approximate surface area is 156 Å². The maximum absolute atomic E-state index is 10.5. The Morgan fingerprint density at radius 3 is 2.56 bits per heavy atom. The number of aliphatic carboxylic acids is 1. The molecule has 1 fully saturated rings. The Balaban J connectivity index is 0.000000321. The number of carbonyl (C=O) groups is 1. The molecule has 0 spiro atoms. The van der Waals surface area contributed by atoms with E-state index in [9.17, 15) is 23.4 Å². The molecule has 0 amide bonds. The first-order valence-electron chi connectivity index (χ1n) is 7.70. The van der Waals surface area contributed by atoms with E-state index in [1.807, 2.05) is 12.3 Å². The van der Waals surface area contributed by atoms with Crippen LogP contribution in [0, 0.1) is 0 Å². The number of hydrogen-bond donors (Lipinski definition) is 2. The van der Waals surface area contributed by atoms with Crippen molar-refractivity contribution in [2.24, 2.45) is 0 Å². The van der Waals surface area contributed by atoms with Crippen molar-refractivity contribution >= 4 is 23.5 Å². The molecule has 1 aromatic carbocycles. The summed E-state index contributed by atoms with van der Waals surface area (Å²) in [5, 5.41) is 28.6. The summed E-state index contributed by atoms with van der Waals surface area (Å²) < 4.78 is 31.5. The minimum absolute atomic E-state index is 0.000694. The molecule has 0 bridgehead atoms. The number of aromatic hydroxyl groups is 2. The minimum atomic E-state index is -5.19. The number of phenolic OH excluding ortho intramolecular Hbond substituents is 2. The zero-order chi connectivity index (χ0) is 20.2. The van der Waals surface area contributed by atoms with Crippen LogP contribution in [0.1, 0.15) is 24.4 Å². The highest BCUT2D eigenvalue weighted by molar-refractivity contribution is 6.32. The van der Waals surface area contributed by atoms with Crippen LogP contribution in [-0.4, -0.2) is 33.9 Å². The number of hydrogen-bond acceptors (Lipinski definition) is 6. The first-order valence-corrected chi connectivity index (χ1v) is 8.08. The third-order valence-corrected chi connectivity index (χ3v) is 4.11. The molecular weight excluding hydrogens is 391 g/mol. The van der Waals surface area contributed by atoms with Gasteiger partial charge in [-0.1, -0.05) is 16.6 Å². The van der Waals surface area contributed by atoms with Crippen LogP contribution in [0.15, 0.2) is 30.6 Å². The van der Waals surface area contributed by atoms with Gasteiger partial charge in [-0.05, 0) is 18.9 Å². The Morgan fingerprint density at radius 1 is 1.33 bits per heavy atom. The van der Waals surface area contributed by atoms with Crippen molar-refractivity contribution < 1.29 is 38.3 Å². The fraction of sp³-hybridized carbons (Fsp3) is 0.312. The smallest absolute Gasteiger partial charge is 0.430 e. The van der Waals surface area contributed by atoms with E-state index in [4.69, 9.17) is 21.5 Å². The number of phenols is 2. The second-order valence-corrected chi connectivity index (χ2v) is 6.01. The number of benzene rings is 1. The molecule has 11 heteroatoms. The molecule has 0 radical (unpaired) electrons. The summed E-state index contributed by atoms with van der Waals surface area (Å²) in [4.78, 5) is 18.3. The molecule has 1 aliphatic rings. The molecule has 7 nitrogen and oxygen atoms in total. The quantitative estimate of drug-likeness (QED) is 0.785. The number of rotatable bonds is 2. The van der Waals surface area contributed by atoms with E-state index in [0.29, 0.717) is 5.56 Å². The van der Waals surface area contributed by atoms with E-state index < -0.39 is 12.1 Å². The van der Waals surface area contributed by atoms with Crippen LogP contribution in [-0.2, 0) is 4.79 Å². The lowest BCUT2D eigenvalue weighted by Crippen LogP contribution is -2.37. The van der Waals surface area contributed by atoms with Gasteiger partial charge in [-0.25, -0.2) is 4.98 Å². The van der Waals surface area contributed by atoms with Crippen LogP contribution in [0.2, 0.25) is 5.02 Å². The van der Waals surface area contributed by atoms with E-state index in [1.54, 1.807) is 12.3 Å². The summed E-state index contributed by atoms with van der Waals surface area (Å²) >= 11 is 5.95. The van der Waals surface area contributed by atoms with Crippen molar-refractivity contribution in [2.45, 2.75) is 25.1 Å². The normalized spacial score (nSPS) is 16.6. The summed E-state index contributed by atoms with van der Waals surface area (Å²) in [5.41, 5.74) is 0.712. The molecule has 1 saturated heterocycles. The van der Waals surface area contributed by atoms with E-state index >= 15 is 0 Å². The van der Waals surface area contributed by atoms with Crippen LogP contribution in [0.25, 0.3) is 0 Å². The minimum Gasteiger partial charge on any atom is -0.542 e. The maximum Gasteiger partial charge on any atom is 0.430 e. The highest BCUT2D eigenvalue weighted by Gasteiger charge is 2.35. The van der Waals surface area contributed by atoms with E-state index in [1.165, 1.54) is 6.07 Å². The number of nitrogens with zero attached hydrogens (tertiary/aromatic N) is 2. The van der Waals surface area contributed by atoms with Gasteiger partial charge in [-0.2, -0.15) is 13.2 Å². The van der Waals surface area contributed by atoms with Crippen molar-refractivity contribution in [3.05, 3.63) is 41.2 Å². The number of aromatic amines is 1. The number of carboxylic acids is 1. The fourth-order valence-electron chi connectivity index (χ4n) is 2.65. The van der Waals surface area contributed by atoms with Crippen LogP contribution in [0.4, 0.5) is 19.1 Å². The molecule has 1 aromatic heterocycles. The van der Waals surface area contributed by atoms with Crippen molar-refractivity contribution in [3.63, 3.8) is 0 Å². The standard InChI is InChI=1S/C14H14ClN3O2.C2HF3O2/c15-10-7-9(12(19)8-13(10)20)11-3-1-6-18(11)14-16-4-2-5-17-14;3-2(4,5)1(6)7/h2,4-5,7-8,11,19-20H,1,3,6H2;(H,6,7). The molecule has 146 valence electrons. The third kappa shape index (κ3) is 5.13. The van der Waals surface area contributed by atoms with Gasteiger partial charge < -0.3 is 20.1 Å². The summed E-state index contributed by atoms with van der Waals surface area (Å²) in [6.45, 7) is 0.857. The third-order valence-electron chi connectivity index (χ3n) is 3.80. The predicted octanol–water partition coefficient (Wildman–Crippen LogP) is 1.60. The lowest BCUT2D eigenvalue weighted by Gasteiger charge is -2.20. The Bertz CT molecular complexity index is 805. The predicted molar refractivity (Wildman–Crippen MR) is 86.0 cm³/mol. The SMILES string of the molecule is O=C([O-])C(F)(F)F.Oc1cc(O)c(C2CCCN2c2nccc[nH+]2)cc1Cl. The first-order chi connectivity index (χ1) is 12.6. The summed E-state index contributed by atoms with van der Waals surface area (Å²) in [6.07, 6.45) is 0.262. The van der Waals surface area contributed by atoms with Gasteiger partial charge in [0, 0.05) is 17.7 Å². The highest BCUT2D eigenvalue weighted by Crippen LogP contribution is 2.41. The molecule has 0 saturated carbocycles. The molecule has 1 aliphatic heterocycles. The highest BCUT2D eigenvalue weighted by atomic mass is 35.5. The molecule has 27 heavy (non-hydrogen) atoms. The van der Waals surface area contributed by atoms with Crippen molar-refractivity contribution in [1.29, 1.82) is 0 Å². The molecule has 3 N–H and O–H groups in total. The zero-order valence-electron chi connectivity index (χ0n) is 13.7. The van der Waals surface area contributed by atoms with E-state index in [2.05, 4.69) is 14.9 Å². The molecular formula is C16H15ClF3N3O4. The number of H-pyrrole nitrogens is 1. The van der Waals surface area contributed by atoms with Gasteiger partial charge in [-0.3, -0.25) is 4.90 Å². The van der Waals surface area contributed by atoms with Gasteiger partial charge in [0.2, 0.25) is 0 Å². The molecule has 2 aromatic rings. The number of carbonyl (C=O) groups excluding carboxylic acids is 1. The second-order valence-electron chi connectivity index (χ2n) is 5.60. The number of alkyl halides is 3. The van der Waals surface area contributed by atoms with Crippen LogP contribution >= 0.6 is 11.6 Å². The largest absolute Gasteiger partial charge is 0.542 e. The van der Waals surface area contributed by atoms with Gasteiger partial charge in [0.1, 0.15) is 29.7 Å². The number of halogens is 4. The van der Waals surface area contributed by atoms with Crippen molar-refractivity contribution in [2.75, 3.05) is 11.4 Å². The number of nitrogens with one attached hydrogen (secondary N) is 1. The number of carboxylic acid groups (broad SMARTS) is 1. The van der Waals surface area contributed by atoms with Crippen molar-refractivity contribution in [1.82, 2.24) is 4.98 Å². The van der Waals surface area contributed by atoms with Crippen LogP contribution in [0.5, 0.6) is 11.5 Å². The topological polar surface area (TPSA) is 111 Å². The van der Waals surface area contributed by atoms with Crippen molar-refractivity contribution in [3.8, 4) is 11.5 Å². The van der Waals surface area contributed by atoms with Gasteiger partial charge in [-0.15, -0.1) is 0 Å². The monoisotopic (exact) mass is 405 g/mol. The molecule has 1 atom stereocenters. The first kappa shape index (κ1) is 20.6. The average molecular weight is 406 g/mol. The Morgan fingerprint density at radius 2 is 2.00 bits per heavy atom. The molecule has 0 aliphatic carbocycles. The number of aromatic nitrogens is 2. The van der Waals surface area contributed by atoms with Gasteiger partial charge in [0.05, 0.1) is 17.8 Å². The van der Waals surface area contributed by atoms with Gasteiger partial charge in [0.25, 0.3) is 0 Å². The summed E-state index contributed by atoms with van der Waals surface area (Å²) in [6, 6.07) is 4.73. The second kappa shape index (κ2) is 8.30. The Kier molecular flexibility index (Phi) is 6.32. The van der Waals surface area contributed by atoms with Crippen LogP contribution < -0.4 is 15.0 Å². The van der Waals surface area contributed by atoms with E-state index in [0.717, 1.165) is 25.3 Å². The molecule has 2 heterocycles. The molecule has 1 unspecified atom stereocenters. The van der Waals surface area contributed by atoms with Crippen LogP contribution in [0.3, 0.4) is 0 Å². The fourth-order valence-corrected chi connectivity index (χ4v) is 2.82. The lowest BCUT2D eigenvalue weighted by atomic mass is 10.0. The summed E-state index contributed by atoms with van der Waals surface area (Å²) in [7, 11) is 0. The van der Waals surface area contributed by atoms with E-state index in [-0.39, 0.29) is 22.6 Å². The average Bonchev–Trinajstić information content (AvgIpc) is 3.08. The van der Waals surface area contributed by atoms with Gasteiger partial charge >= 0.3 is 12.1 Å². The summed E-state index contributed by atoms with van der Waals surface area (Å²) in [5.74, 6) is -2.30.